The number of pyridine rings is 1. The van der Waals surface area contributed by atoms with E-state index in [1.54, 1.807) is 17.0 Å². The van der Waals surface area contributed by atoms with Gasteiger partial charge < -0.3 is 15.5 Å². The quantitative estimate of drug-likeness (QED) is 0.749. The zero-order valence-electron chi connectivity index (χ0n) is 16.1. The van der Waals surface area contributed by atoms with Gasteiger partial charge in [0.15, 0.2) is 5.82 Å². The predicted molar refractivity (Wildman–Crippen MR) is 102 cm³/mol. The van der Waals surface area contributed by atoms with Gasteiger partial charge in [0, 0.05) is 37.6 Å². The minimum absolute atomic E-state index is 0.00986. The maximum Gasteiger partial charge on any atom is 0.334 e. The molecule has 2 amide bonds. The smallest absolute Gasteiger partial charge is 0.334 e. The summed E-state index contributed by atoms with van der Waals surface area (Å²) in [6.07, 6.45) is 3.72. The summed E-state index contributed by atoms with van der Waals surface area (Å²) < 4.78 is 26.7. The topological polar surface area (TPSA) is 116 Å². The lowest BCUT2D eigenvalue weighted by Crippen LogP contribution is -2.35. The summed E-state index contributed by atoms with van der Waals surface area (Å²) in [5.41, 5.74) is -0.714. The van der Waals surface area contributed by atoms with Crippen molar-refractivity contribution in [2.45, 2.75) is 25.8 Å². The second-order valence-electron chi connectivity index (χ2n) is 7.30. The van der Waals surface area contributed by atoms with Crippen LogP contribution in [0.3, 0.4) is 0 Å². The number of nitrogens with zero attached hydrogens (tertiary/aromatic N) is 5. The molecule has 0 aromatic carbocycles. The lowest BCUT2D eigenvalue weighted by atomic mass is 9.83. The Labute approximate surface area is 170 Å². The molecule has 30 heavy (non-hydrogen) atoms. The molecule has 0 radical (unpaired) electrons. The molecule has 1 aliphatic heterocycles. The number of aromatic nitrogens is 3. The van der Waals surface area contributed by atoms with E-state index in [-0.39, 0.29) is 29.2 Å². The Balaban J connectivity index is 1.57. The number of carbonyl (C=O) groups is 2. The Morgan fingerprint density at radius 2 is 2.13 bits per heavy atom. The summed E-state index contributed by atoms with van der Waals surface area (Å²) >= 11 is 0. The molecule has 9 nitrogen and oxygen atoms in total. The molecule has 2 aromatic heterocycles. The van der Waals surface area contributed by atoms with Gasteiger partial charge in [-0.25, -0.2) is 4.98 Å². The maximum absolute atomic E-state index is 13.2. The molecule has 2 aromatic rings. The second-order valence-corrected chi connectivity index (χ2v) is 7.30. The highest BCUT2D eigenvalue weighted by Gasteiger charge is 2.56. The molecule has 1 saturated heterocycles. The summed E-state index contributed by atoms with van der Waals surface area (Å²) in [6.45, 7) is -2.57. The third-order valence-electron chi connectivity index (χ3n) is 5.52. The molecule has 11 heteroatoms. The van der Waals surface area contributed by atoms with Crippen LogP contribution >= 0.6 is 0 Å². The van der Waals surface area contributed by atoms with Crippen LogP contribution in [-0.4, -0.2) is 40.2 Å². The first-order valence-electron chi connectivity index (χ1n) is 9.45. The van der Waals surface area contributed by atoms with Crippen molar-refractivity contribution in [1.29, 1.82) is 5.26 Å². The van der Waals surface area contributed by atoms with Crippen molar-refractivity contribution in [2.75, 3.05) is 23.8 Å². The molecule has 0 unspecified atom stereocenters. The zero-order chi connectivity index (χ0) is 21.5. The zero-order valence-corrected chi connectivity index (χ0v) is 16.1. The second kappa shape index (κ2) is 7.37. The third-order valence-corrected chi connectivity index (χ3v) is 5.52. The highest BCUT2D eigenvalue weighted by atomic mass is 19.3. The first-order chi connectivity index (χ1) is 14.4. The maximum atomic E-state index is 13.2. The first-order valence-corrected chi connectivity index (χ1v) is 9.45. The van der Waals surface area contributed by atoms with Crippen molar-refractivity contribution in [3.63, 3.8) is 0 Å². The lowest BCUT2D eigenvalue weighted by Gasteiger charge is -2.21. The van der Waals surface area contributed by atoms with Gasteiger partial charge in [-0.3, -0.25) is 9.59 Å². The fraction of sp³-hybridized carbons (Fsp3) is 0.421. The predicted octanol–water partition coefficient (Wildman–Crippen LogP) is 2.43. The number of hydrogen-bond acceptors (Lipinski definition) is 6. The van der Waals surface area contributed by atoms with Crippen molar-refractivity contribution in [3.8, 4) is 6.07 Å². The number of nitrogens with one attached hydrogen (secondary N) is 2. The number of anilines is 3. The van der Waals surface area contributed by atoms with E-state index < -0.39 is 17.9 Å². The van der Waals surface area contributed by atoms with Gasteiger partial charge >= 0.3 is 6.55 Å². The molecule has 0 spiro atoms. The fourth-order valence-corrected chi connectivity index (χ4v) is 3.82. The fourth-order valence-electron chi connectivity index (χ4n) is 3.82. The molecule has 1 aliphatic carbocycles. The number of alkyl halides is 2. The molecular formula is C19H19F2N7O2. The van der Waals surface area contributed by atoms with Crippen LogP contribution in [0.15, 0.2) is 24.4 Å². The average Bonchev–Trinajstić information content (AvgIpc) is 3.42. The summed E-state index contributed by atoms with van der Waals surface area (Å²) in [7, 11) is 1.33. The van der Waals surface area contributed by atoms with Crippen molar-refractivity contribution >= 4 is 29.1 Å². The number of rotatable bonds is 6. The first kappa shape index (κ1) is 19.8. The minimum atomic E-state index is -2.99. The summed E-state index contributed by atoms with van der Waals surface area (Å²) in [5, 5.41) is 18.4. The van der Waals surface area contributed by atoms with E-state index in [9.17, 15) is 23.6 Å². The standard InChI is InChI=1S/C19H19F2N7O2/c1-23-16(29)13-9-15(26-28(13)18(20)21)25-14-8-12(4-6-24-14)27-7-5-19(10-22,17(27)30)11-2-3-11/h4,6,8-9,11,18H,2-3,5,7H2,1H3,(H,23,29)(H,24,25,26)/t19-/m1/s1. The Morgan fingerprint density at radius 1 is 1.37 bits per heavy atom. The van der Waals surface area contributed by atoms with E-state index in [0.29, 0.717) is 23.3 Å². The number of nitriles is 1. The molecule has 2 fully saturated rings. The molecule has 1 atom stereocenters. The van der Waals surface area contributed by atoms with Gasteiger partial charge in [0.2, 0.25) is 5.91 Å². The lowest BCUT2D eigenvalue weighted by molar-refractivity contribution is -0.123. The van der Waals surface area contributed by atoms with Crippen molar-refractivity contribution in [2.24, 2.45) is 11.3 Å². The number of halogens is 2. The summed E-state index contributed by atoms with van der Waals surface area (Å²) in [4.78, 5) is 30.4. The minimum Gasteiger partial charge on any atom is -0.354 e. The molecular weight excluding hydrogens is 396 g/mol. The summed E-state index contributed by atoms with van der Waals surface area (Å²) in [5.74, 6) is -0.526. The highest BCUT2D eigenvalue weighted by molar-refractivity contribution is 6.02. The van der Waals surface area contributed by atoms with Crippen LogP contribution < -0.4 is 15.5 Å². The van der Waals surface area contributed by atoms with Crippen molar-refractivity contribution < 1.29 is 18.4 Å². The Morgan fingerprint density at radius 3 is 2.77 bits per heavy atom. The van der Waals surface area contributed by atoms with E-state index in [1.807, 2.05) is 0 Å². The number of hydrogen-bond donors (Lipinski definition) is 2. The Kier molecular flexibility index (Phi) is 4.85. The SMILES string of the molecule is CNC(=O)c1cc(Nc2cc(N3CC[C@@](C#N)(C4CC4)C3=O)ccn2)nn1C(F)F. The van der Waals surface area contributed by atoms with Gasteiger partial charge in [-0.2, -0.15) is 18.7 Å². The Bertz CT molecular complexity index is 1040. The van der Waals surface area contributed by atoms with E-state index in [1.165, 1.54) is 19.3 Å². The normalized spacial score (nSPS) is 21.0. The van der Waals surface area contributed by atoms with E-state index in [2.05, 4.69) is 26.8 Å². The van der Waals surface area contributed by atoms with Crippen LogP contribution in [0.25, 0.3) is 0 Å². The molecule has 156 valence electrons. The molecule has 3 heterocycles. The molecule has 2 N–H and O–H groups in total. The van der Waals surface area contributed by atoms with Gasteiger partial charge in [0.25, 0.3) is 5.91 Å². The average molecular weight is 415 g/mol. The van der Waals surface area contributed by atoms with Crippen LogP contribution in [0.1, 0.15) is 36.3 Å². The third kappa shape index (κ3) is 3.24. The van der Waals surface area contributed by atoms with Gasteiger partial charge in [-0.15, -0.1) is 5.10 Å². The van der Waals surface area contributed by atoms with Crippen LogP contribution in [0.2, 0.25) is 0 Å². The number of amides is 2. The Hall–Kier alpha value is -3.55. The van der Waals surface area contributed by atoms with Gasteiger partial charge in [0.1, 0.15) is 16.9 Å². The van der Waals surface area contributed by atoms with Gasteiger partial charge in [-0.05, 0) is 31.2 Å². The van der Waals surface area contributed by atoms with Crippen LogP contribution in [0.4, 0.5) is 26.1 Å². The molecule has 4 rings (SSSR count). The van der Waals surface area contributed by atoms with Crippen molar-refractivity contribution in [1.82, 2.24) is 20.1 Å². The summed E-state index contributed by atoms with van der Waals surface area (Å²) in [6, 6.07) is 6.66. The van der Waals surface area contributed by atoms with Gasteiger partial charge in [-0.1, -0.05) is 0 Å². The van der Waals surface area contributed by atoms with Crippen molar-refractivity contribution in [3.05, 3.63) is 30.1 Å². The number of carbonyl (C=O) groups excluding carboxylic acids is 2. The van der Waals surface area contributed by atoms with Crippen LogP contribution in [0, 0.1) is 22.7 Å². The van der Waals surface area contributed by atoms with Gasteiger partial charge in [0.05, 0.1) is 6.07 Å². The van der Waals surface area contributed by atoms with E-state index in [4.69, 9.17) is 0 Å². The van der Waals surface area contributed by atoms with E-state index >= 15 is 0 Å². The van der Waals surface area contributed by atoms with E-state index in [0.717, 1.165) is 12.8 Å². The molecule has 1 saturated carbocycles. The molecule has 0 bridgehead atoms. The molecule has 2 aliphatic rings. The monoisotopic (exact) mass is 415 g/mol. The largest absolute Gasteiger partial charge is 0.354 e. The highest BCUT2D eigenvalue weighted by Crippen LogP contribution is 2.51. The van der Waals surface area contributed by atoms with Crippen LogP contribution in [-0.2, 0) is 4.79 Å². The van der Waals surface area contributed by atoms with Crippen LogP contribution in [0.5, 0.6) is 0 Å².